The molecule has 0 atom stereocenters. The van der Waals surface area contributed by atoms with Crippen molar-refractivity contribution in [2.45, 2.75) is 6.42 Å². The molecule has 3 N–H and O–H groups in total. The molecule has 0 bridgehead atoms. The van der Waals surface area contributed by atoms with Crippen LogP contribution in [0.15, 0.2) is 54.6 Å². The third-order valence-electron chi connectivity index (χ3n) is 3.68. The summed E-state index contributed by atoms with van der Waals surface area (Å²) in [6.07, 6.45) is -0.0213. The molecule has 0 spiro atoms. The van der Waals surface area contributed by atoms with Gasteiger partial charge in [-0.3, -0.25) is 15.1 Å². The summed E-state index contributed by atoms with van der Waals surface area (Å²) in [5.74, 6) is -0.525. The molecule has 0 radical (unpaired) electrons. The molecule has 0 fully saturated rings. The number of carbonyl (C=O) groups excluding carboxylic acids is 1. The van der Waals surface area contributed by atoms with Crippen LogP contribution in [0.1, 0.15) is 11.1 Å². The van der Waals surface area contributed by atoms with Gasteiger partial charge in [0.05, 0.1) is 29.4 Å². The fourth-order valence-electron chi connectivity index (χ4n) is 2.52. The molecule has 3 aromatic rings. The van der Waals surface area contributed by atoms with Gasteiger partial charge in [0.15, 0.2) is 0 Å². The summed E-state index contributed by atoms with van der Waals surface area (Å²) < 4.78 is 0. The van der Waals surface area contributed by atoms with E-state index in [1.807, 2.05) is 30.3 Å². The fraction of sp³-hybridized carbons (Fsp3) is 0.0556. The van der Waals surface area contributed by atoms with Crippen molar-refractivity contribution in [2.24, 2.45) is 0 Å². The molecule has 6 heteroatoms. The van der Waals surface area contributed by atoms with E-state index >= 15 is 0 Å². The number of H-pyrrole nitrogens is 1. The molecule has 0 aliphatic carbocycles. The number of hydrogen-bond acceptors (Lipinski definition) is 4. The van der Waals surface area contributed by atoms with Crippen molar-refractivity contribution >= 4 is 5.91 Å². The maximum atomic E-state index is 11.7. The monoisotopic (exact) mass is 318 g/mol. The van der Waals surface area contributed by atoms with E-state index in [2.05, 4.69) is 16.3 Å². The smallest absolute Gasteiger partial charge is 0.247 e. The summed E-state index contributed by atoms with van der Waals surface area (Å²) in [6.45, 7) is 0. The molecule has 1 aromatic heterocycles. The average molecular weight is 318 g/mol. The molecule has 2 aromatic carbocycles. The van der Waals surface area contributed by atoms with Crippen molar-refractivity contribution in [3.05, 3.63) is 65.7 Å². The summed E-state index contributed by atoms with van der Waals surface area (Å²) in [6, 6.07) is 18.5. The van der Waals surface area contributed by atoms with Gasteiger partial charge in [0.2, 0.25) is 5.91 Å². The van der Waals surface area contributed by atoms with Gasteiger partial charge < -0.3 is 0 Å². The average Bonchev–Trinajstić information content (AvgIpc) is 3.05. The van der Waals surface area contributed by atoms with E-state index in [1.165, 1.54) is 0 Å². The first kappa shape index (κ1) is 15.5. The Hall–Kier alpha value is -3.43. The standard InChI is InChI=1S/C18H14N4O2/c19-11-12-6-8-14(9-7-12)18-15(10-16(23)22-24)17(20-21-18)13-4-2-1-3-5-13/h1-9,24H,10H2,(H,20,21)(H,22,23). The molecule has 118 valence electrons. The number of carbonyl (C=O) groups is 1. The van der Waals surface area contributed by atoms with Gasteiger partial charge in [-0.15, -0.1) is 0 Å². The lowest BCUT2D eigenvalue weighted by molar-refractivity contribution is -0.128. The van der Waals surface area contributed by atoms with Crippen molar-refractivity contribution in [3.63, 3.8) is 0 Å². The minimum atomic E-state index is -0.525. The second-order valence-corrected chi connectivity index (χ2v) is 5.19. The lowest BCUT2D eigenvalue weighted by atomic mass is 9.99. The maximum Gasteiger partial charge on any atom is 0.247 e. The minimum Gasteiger partial charge on any atom is -0.289 e. The van der Waals surface area contributed by atoms with Crippen LogP contribution in [0.25, 0.3) is 22.5 Å². The first-order chi connectivity index (χ1) is 11.7. The van der Waals surface area contributed by atoms with Crippen molar-refractivity contribution in [3.8, 4) is 28.6 Å². The highest BCUT2D eigenvalue weighted by molar-refractivity contribution is 5.84. The van der Waals surface area contributed by atoms with Crippen LogP contribution in [0.2, 0.25) is 0 Å². The normalized spacial score (nSPS) is 10.2. The van der Waals surface area contributed by atoms with Crippen molar-refractivity contribution in [2.75, 3.05) is 0 Å². The number of rotatable bonds is 4. The highest BCUT2D eigenvalue weighted by atomic mass is 16.5. The summed E-state index contributed by atoms with van der Waals surface area (Å²) in [7, 11) is 0. The zero-order valence-electron chi connectivity index (χ0n) is 12.7. The number of hydroxylamine groups is 1. The molecule has 24 heavy (non-hydrogen) atoms. The molecule has 1 heterocycles. The zero-order chi connectivity index (χ0) is 16.9. The van der Waals surface area contributed by atoms with Crippen LogP contribution in [-0.4, -0.2) is 21.3 Å². The quantitative estimate of drug-likeness (QED) is 0.508. The van der Waals surface area contributed by atoms with E-state index in [-0.39, 0.29) is 6.42 Å². The van der Waals surface area contributed by atoms with Crippen LogP contribution in [-0.2, 0) is 11.2 Å². The van der Waals surface area contributed by atoms with Crippen molar-refractivity contribution < 1.29 is 10.0 Å². The van der Waals surface area contributed by atoms with E-state index in [1.54, 1.807) is 29.7 Å². The van der Waals surface area contributed by atoms with Crippen molar-refractivity contribution in [1.29, 1.82) is 5.26 Å². The van der Waals surface area contributed by atoms with Gasteiger partial charge in [-0.05, 0) is 17.7 Å². The Kier molecular flexibility index (Phi) is 4.36. The maximum absolute atomic E-state index is 11.7. The second-order valence-electron chi connectivity index (χ2n) is 5.19. The lowest BCUT2D eigenvalue weighted by Crippen LogP contribution is -2.21. The van der Waals surface area contributed by atoms with E-state index in [0.29, 0.717) is 16.8 Å². The van der Waals surface area contributed by atoms with E-state index in [9.17, 15) is 4.79 Å². The third-order valence-corrected chi connectivity index (χ3v) is 3.68. The summed E-state index contributed by atoms with van der Waals surface area (Å²) >= 11 is 0. The number of benzene rings is 2. The Bertz CT molecular complexity index is 893. The van der Waals surface area contributed by atoms with Gasteiger partial charge >= 0.3 is 0 Å². The molecule has 0 aliphatic heterocycles. The molecular formula is C18H14N4O2. The summed E-state index contributed by atoms with van der Waals surface area (Å²) in [4.78, 5) is 11.7. The van der Waals surface area contributed by atoms with Gasteiger partial charge in [-0.25, -0.2) is 5.48 Å². The van der Waals surface area contributed by atoms with E-state index in [4.69, 9.17) is 10.5 Å². The number of hydrogen-bond donors (Lipinski definition) is 3. The van der Waals surface area contributed by atoms with Crippen LogP contribution in [0.3, 0.4) is 0 Å². The number of amides is 1. The molecule has 0 saturated heterocycles. The number of nitrogens with zero attached hydrogens (tertiary/aromatic N) is 2. The Morgan fingerprint density at radius 2 is 1.83 bits per heavy atom. The highest BCUT2D eigenvalue weighted by Gasteiger charge is 2.18. The molecule has 1 amide bonds. The van der Waals surface area contributed by atoms with Gasteiger partial charge in [0, 0.05) is 11.1 Å². The number of nitrogens with one attached hydrogen (secondary N) is 2. The van der Waals surface area contributed by atoms with E-state index < -0.39 is 5.91 Å². The van der Waals surface area contributed by atoms with Gasteiger partial charge in [0.25, 0.3) is 0 Å². The van der Waals surface area contributed by atoms with Gasteiger partial charge in [-0.1, -0.05) is 42.5 Å². The SMILES string of the molecule is N#Cc1ccc(-c2n[nH]c(-c3ccccc3)c2CC(=O)NO)cc1. The molecule has 0 unspecified atom stereocenters. The Morgan fingerprint density at radius 3 is 2.46 bits per heavy atom. The van der Waals surface area contributed by atoms with Gasteiger partial charge in [-0.2, -0.15) is 10.4 Å². The highest BCUT2D eigenvalue weighted by Crippen LogP contribution is 2.30. The van der Waals surface area contributed by atoms with Gasteiger partial charge in [0.1, 0.15) is 0 Å². The lowest BCUT2D eigenvalue weighted by Gasteiger charge is -2.06. The molecule has 0 saturated carbocycles. The van der Waals surface area contributed by atoms with E-state index in [0.717, 1.165) is 16.8 Å². The predicted octanol–water partition coefficient (Wildman–Crippen LogP) is 2.66. The van der Waals surface area contributed by atoms with Crippen LogP contribution >= 0.6 is 0 Å². The van der Waals surface area contributed by atoms with Crippen LogP contribution in [0.5, 0.6) is 0 Å². The molecule has 0 aliphatic rings. The molecule has 3 rings (SSSR count). The largest absolute Gasteiger partial charge is 0.289 e. The molecular weight excluding hydrogens is 304 g/mol. The molecule has 6 nitrogen and oxygen atoms in total. The van der Waals surface area contributed by atoms with Crippen molar-refractivity contribution in [1.82, 2.24) is 15.7 Å². The summed E-state index contributed by atoms with van der Waals surface area (Å²) in [5, 5.41) is 25.1. The van der Waals surface area contributed by atoms with Crippen LogP contribution < -0.4 is 5.48 Å². The second kappa shape index (κ2) is 6.77. The Morgan fingerprint density at radius 1 is 1.12 bits per heavy atom. The predicted molar refractivity (Wildman–Crippen MR) is 87.8 cm³/mol. The first-order valence-corrected chi connectivity index (χ1v) is 7.29. The van der Waals surface area contributed by atoms with Crippen LogP contribution in [0, 0.1) is 11.3 Å². The number of nitriles is 1. The van der Waals surface area contributed by atoms with Crippen LogP contribution in [0.4, 0.5) is 0 Å². The number of aromatic nitrogens is 2. The third kappa shape index (κ3) is 3.02. The Balaban J connectivity index is 2.10. The minimum absolute atomic E-state index is 0.0213. The topological polar surface area (TPSA) is 102 Å². The zero-order valence-corrected chi connectivity index (χ0v) is 12.7. The summed E-state index contributed by atoms with van der Waals surface area (Å²) in [5.41, 5.74) is 5.90. The fourth-order valence-corrected chi connectivity index (χ4v) is 2.52. The Labute approximate surface area is 138 Å². The first-order valence-electron chi connectivity index (χ1n) is 7.29. The number of aromatic amines is 1.